The molecule has 0 saturated heterocycles. The van der Waals surface area contributed by atoms with Gasteiger partial charge in [-0.25, -0.2) is 4.79 Å². The molecule has 0 atom stereocenters. The molecule has 1 heterocycles. The molecule has 1 saturated carbocycles. The normalized spacial score (nSPS) is 17.2. The molecule has 0 radical (unpaired) electrons. The van der Waals surface area contributed by atoms with Crippen molar-refractivity contribution in [3.8, 4) is 0 Å². The molecular formula is C15H23N3O2. The second-order valence-electron chi connectivity index (χ2n) is 5.99. The summed E-state index contributed by atoms with van der Waals surface area (Å²) >= 11 is 0. The third kappa shape index (κ3) is 3.16. The molecule has 0 spiro atoms. The zero-order valence-corrected chi connectivity index (χ0v) is 12.5. The standard InChI is InChI=1S/C15H23N3O2/c1-17(2)15(7-4-8-15)11-18(3)10-13-6-5-12(9-16-13)14(19)20/h5-6,9H,4,7-8,10-11H2,1-3H3,(H,19,20). The van der Waals surface area contributed by atoms with Crippen LogP contribution in [0.2, 0.25) is 0 Å². The Balaban J connectivity index is 1.94. The number of carboxylic acids is 1. The van der Waals surface area contributed by atoms with Crippen molar-refractivity contribution in [2.75, 3.05) is 27.7 Å². The van der Waals surface area contributed by atoms with E-state index in [4.69, 9.17) is 5.11 Å². The Labute approximate surface area is 120 Å². The van der Waals surface area contributed by atoms with E-state index in [1.807, 2.05) is 0 Å². The van der Waals surface area contributed by atoms with Crippen molar-refractivity contribution >= 4 is 5.97 Å². The molecule has 0 amide bonds. The van der Waals surface area contributed by atoms with E-state index in [-0.39, 0.29) is 5.56 Å². The van der Waals surface area contributed by atoms with Crippen molar-refractivity contribution in [1.29, 1.82) is 0 Å². The number of hydrogen-bond donors (Lipinski definition) is 1. The molecule has 5 heteroatoms. The molecular weight excluding hydrogens is 254 g/mol. The second kappa shape index (κ2) is 5.89. The zero-order valence-electron chi connectivity index (χ0n) is 12.5. The molecule has 2 rings (SSSR count). The van der Waals surface area contributed by atoms with E-state index in [0.717, 1.165) is 18.8 Å². The van der Waals surface area contributed by atoms with Crippen molar-refractivity contribution in [2.45, 2.75) is 31.3 Å². The molecule has 0 bridgehead atoms. The molecule has 0 aliphatic heterocycles. The number of aromatic nitrogens is 1. The quantitative estimate of drug-likeness (QED) is 0.857. The van der Waals surface area contributed by atoms with Crippen LogP contribution in [0.15, 0.2) is 18.3 Å². The number of pyridine rings is 1. The summed E-state index contributed by atoms with van der Waals surface area (Å²) in [6.07, 6.45) is 5.22. The zero-order chi connectivity index (χ0) is 14.8. The summed E-state index contributed by atoms with van der Waals surface area (Å²) in [4.78, 5) is 19.6. The van der Waals surface area contributed by atoms with Crippen LogP contribution in [0.3, 0.4) is 0 Å². The molecule has 1 aromatic rings. The van der Waals surface area contributed by atoms with Crippen LogP contribution < -0.4 is 0 Å². The molecule has 5 nitrogen and oxygen atoms in total. The summed E-state index contributed by atoms with van der Waals surface area (Å²) in [7, 11) is 6.39. The number of nitrogens with zero attached hydrogens (tertiary/aromatic N) is 3. The molecule has 1 aliphatic carbocycles. The van der Waals surface area contributed by atoms with E-state index >= 15 is 0 Å². The third-order valence-corrected chi connectivity index (χ3v) is 4.30. The van der Waals surface area contributed by atoms with Crippen molar-refractivity contribution in [3.05, 3.63) is 29.6 Å². The highest BCUT2D eigenvalue weighted by atomic mass is 16.4. The van der Waals surface area contributed by atoms with Gasteiger partial charge in [0.15, 0.2) is 0 Å². The van der Waals surface area contributed by atoms with Gasteiger partial charge in [0, 0.05) is 24.8 Å². The largest absolute Gasteiger partial charge is 0.478 e. The van der Waals surface area contributed by atoms with Crippen molar-refractivity contribution < 1.29 is 9.90 Å². The van der Waals surface area contributed by atoms with Gasteiger partial charge in [0.25, 0.3) is 0 Å². The van der Waals surface area contributed by atoms with Crippen molar-refractivity contribution in [1.82, 2.24) is 14.8 Å². The fourth-order valence-corrected chi connectivity index (χ4v) is 2.81. The molecule has 1 aliphatic rings. The number of hydrogen-bond acceptors (Lipinski definition) is 4. The first-order valence-electron chi connectivity index (χ1n) is 6.97. The number of aromatic carboxylic acids is 1. The molecule has 20 heavy (non-hydrogen) atoms. The molecule has 0 unspecified atom stereocenters. The Bertz CT molecular complexity index is 467. The minimum Gasteiger partial charge on any atom is -0.478 e. The van der Waals surface area contributed by atoms with E-state index < -0.39 is 5.97 Å². The molecule has 110 valence electrons. The smallest absolute Gasteiger partial charge is 0.337 e. The third-order valence-electron chi connectivity index (χ3n) is 4.30. The molecule has 1 aromatic heterocycles. The summed E-state index contributed by atoms with van der Waals surface area (Å²) in [5, 5.41) is 8.86. The van der Waals surface area contributed by atoms with Crippen LogP contribution in [0.5, 0.6) is 0 Å². The maximum atomic E-state index is 10.8. The minimum atomic E-state index is -0.932. The first kappa shape index (κ1) is 14.9. The lowest BCUT2D eigenvalue weighted by molar-refractivity contribution is 0.0256. The number of carbonyl (C=O) groups is 1. The minimum absolute atomic E-state index is 0.236. The van der Waals surface area contributed by atoms with E-state index in [9.17, 15) is 4.79 Å². The van der Waals surface area contributed by atoms with E-state index in [0.29, 0.717) is 5.54 Å². The average Bonchev–Trinajstić information content (AvgIpc) is 2.34. The van der Waals surface area contributed by atoms with Crippen LogP contribution in [-0.2, 0) is 6.54 Å². The molecule has 1 fully saturated rings. The molecule has 1 N–H and O–H groups in total. The lowest BCUT2D eigenvalue weighted by atomic mass is 9.75. The maximum Gasteiger partial charge on any atom is 0.337 e. The lowest BCUT2D eigenvalue weighted by Crippen LogP contribution is -2.56. The van der Waals surface area contributed by atoms with Gasteiger partial charge in [0.05, 0.1) is 11.3 Å². The van der Waals surface area contributed by atoms with Gasteiger partial charge in [-0.3, -0.25) is 9.88 Å². The van der Waals surface area contributed by atoms with E-state index in [1.165, 1.54) is 25.5 Å². The Morgan fingerprint density at radius 2 is 2.05 bits per heavy atom. The Kier molecular flexibility index (Phi) is 4.40. The summed E-state index contributed by atoms with van der Waals surface area (Å²) in [5.74, 6) is -0.932. The van der Waals surface area contributed by atoms with E-state index in [2.05, 4.69) is 35.9 Å². The first-order chi connectivity index (χ1) is 9.43. The number of rotatable bonds is 6. The number of carboxylic acid groups (broad SMARTS) is 1. The van der Waals surface area contributed by atoms with Crippen molar-refractivity contribution in [2.24, 2.45) is 0 Å². The Morgan fingerprint density at radius 1 is 1.35 bits per heavy atom. The highest BCUT2D eigenvalue weighted by Gasteiger charge is 2.39. The predicted molar refractivity (Wildman–Crippen MR) is 77.8 cm³/mol. The van der Waals surface area contributed by atoms with Gasteiger partial charge in [0.1, 0.15) is 0 Å². The van der Waals surface area contributed by atoms with Gasteiger partial charge >= 0.3 is 5.97 Å². The maximum absolute atomic E-state index is 10.8. The van der Waals surface area contributed by atoms with Crippen LogP contribution in [0.1, 0.15) is 35.3 Å². The molecule has 0 aromatic carbocycles. The predicted octanol–water partition coefficient (Wildman–Crippen LogP) is 1.70. The van der Waals surface area contributed by atoms with Gasteiger partial charge < -0.3 is 10.0 Å². The monoisotopic (exact) mass is 277 g/mol. The first-order valence-corrected chi connectivity index (χ1v) is 6.97. The van der Waals surface area contributed by atoms with E-state index in [1.54, 1.807) is 12.1 Å². The summed E-state index contributed by atoms with van der Waals surface area (Å²) < 4.78 is 0. The summed E-state index contributed by atoms with van der Waals surface area (Å²) in [6.45, 7) is 1.76. The van der Waals surface area contributed by atoms with Gasteiger partial charge in [-0.2, -0.15) is 0 Å². The highest BCUT2D eigenvalue weighted by Crippen LogP contribution is 2.36. The van der Waals surface area contributed by atoms with Gasteiger partial charge in [-0.1, -0.05) is 0 Å². The van der Waals surface area contributed by atoms with Crippen LogP contribution >= 0.6 is 0 Å². The lowest BCUT2D eigenvalue weighted by Gasteiger charge is -2.49. The van der Waals surface area contributed by atoms with Crippen LogP contribution in [0.4, 0.5) is 0 Å². The fraction of sp³-hybridized carbons (Fsp3) is 0.600. The average molecular weight is 277 g/mol. The second-order valence-corrected chi connectivity index (χ2v) is 5.99. The van der Waals surface area contributed by atoms with Gasteiger partial charge in [0.2, 0.25) is 0 Å². The van der Waals surface area contributed by atoms with Crippen molar-refractivity contribution in [3.63, 3.8) is 0 Å². The van der Waals surface area contributed by atoms with Crippen LogP contribution in [-0.4, -0.2) is 59.1 Å². The van der Waals surface area contributed by atoms with Crippen LogP contribution in [0, 0.1) is 0 Å². The Morgan fingerprint density at radius 3 is 2.45 bits per heavy atom. The van der Waals surface area contributed by atoms with Gasteiger partial charge in [-0.05, 0) is 52.5 Å². The van der Waals surface area contributed by atoms with Crippen LogP contribution in [0.25, 0.3) is 0 Å². The topological polar surface area (TPSA) is 56.7 Å². The summed E-state index contributed by atoms with van der Waals surface area (Å²) in [6, 6.07) is 3.41. The van der Waals surface area contributed by atoms with Gasteiger partial charge in [-0.15, -0.1) is 0 Å². The highest BCUT2D eigenvalue weighted by molar-refractivity contribution is 5.87. The fourth-order valence-electron chi connectivity index (χ4n) is 2.81. The summed E-state index contributed by atoms with van der Waals surface area (Å²) in [5.41, 5.74) is 1.45. The SMILES string of the molecule is CN(Cc1ccc(C(=O)O)cn1)CC1(N(C)C)CCC1. The number of likely N-dealkylation sites (N-methyl/N-ethyl adjacent to an activating group) is 2. The Hall–Kier alpha value is -1.46.